The van der Waals surface area contributed by atoms with Gasteiger partial charge in [-0.05, 0) is 31.4 Å². The largest absolute Gasteiger partial charge is 0.314 e. The van der Waals surface area contributed by atoms with E-state index in [-0.39, 0.29) is 17.2 Å². The molecule has 1 amide bonds. The molecule has 0 bridgehead atoms. The Balaban J connectivity index is 1.78. The summed E-state index contributed by atoms with van der Waals surface area (Å²) in [6.45, 7) is 2.98. The van der Waals surface area contributed by atoms with Crippen molar-refractivity contribution in [2.45, 2.75) is 25.8 Å². The monoisotopic (exact) mass is 294 g/mol. The topological polar surface area (TPSA) is 49.4 Å². The highest BCUT2D eigenvalue weighted by Gasteiger charge is 2.37. The Labute approximate surface area is 121 Å². The third-order valence-electron chi connectivity index (χ3n) is 3.84. The molecule has 1 atom stereocenters. The van der Waals surface area contributed by atoms with Gasteiger partial charge >= 0.3 is 0 Å². The highest BCUT2D eigenvalue weighted by molar-refractivity contribution is 6.52. The van der Waals surface area contributed by atoms with Crippen molar-refractivity contribution in [3.63, 3.8) is 0 Å². The van der Waals surface area contributed by atoms with E-state index in [0.717, 1.165) is 18.7 Å². The summed E-state index contributed by atoms with van der Waals surface area (Å²) in [4.78, 5) is 25.1. The summed E-state index contributed by atoms with van der Waals surface area (Å²) in [5, 5.41) is 3.34. The minimum atomic E-state index is -1.11. The molecule has 0 spiro atoms. The lowest BCUT2D eigenvalue weighted by Gasteiger charge is -2.21. The highest BCUT2D eigenvalue weighted by Crippen LogP contribution is 2.31. The van der Waals surface area contributed by atoms with Crippen LogP contribution in [0.4, 0.5) is 14.5 Å². The molecule has 2 aliphatic rings. The molecule has 0 aromatic heterocycles. The maximum atomic E-state index is 13.4. The molecule has 1 aromatic carbocycles. The van der Waals surface area contributed by atoms with Gasteiger partial charge in [-0.15, -0.1) is 0 Å². The molecule has 1 N–H and O–H groups in total. The van der Waals surface area contributed by atoms with E-state index in [1.54, 1.807) is 0 Å². The number of halogens is 2. The second kappa shape index (κ2) is 5.18. The first kappa shape index (κ1) is 14.1. The van der Waals surface area contributed by atoms with E-state index >= 15 is 0 Å². The van der Waals surface area contributed by atoms with Gasteiger partial charge in [0, 0.05) is 18.7 Å². The second-order valence-electron chi connectivity index (χ2n) is 5.82. The number of hydrogen-bond donors (Lipinski definition) is 1. The molecule has 1 heterocycles. The highest BCUT2D eigenvalue weighted by atomic mass is 19.2. The number of nitrogens with one attached hydrogen (secondary N) is 1. The molecule has 1 fully saturated rings. The van der Waals surface area contributed by atoms with Gasteiger partial charge in [0.1, 0.15) is 0 Å². The van der Waals surface area contributed by atoms with Crippen LogP contribution in [0.5, 0.6) is 0 Å². The van der Waals surface area contributed by atoms with E-state index in [2.05, 4.69) is 5.32 Å². The number of hydrogen-bond acceptors (Lipinski definition) is 3. The van der Waals surface area contributed by atoms with Gasteiger partial charge in [0.05, 0.1) is 11.3 Å². The number of anilines is 1. The first-order chi connectivity index (χ1) is 9.97. The van der Waals surface area contributed by atoms with Crippen molar-refractivity contribution >= 4 is 17.4 Å². The summed E-state index contributed by atoms with van der Waals surface area (Å²) < 4.78 is 26.6. The van der Waals surface area contributed by atoms with Crippen LogP contribution in [0.1, 0.15) is 30.1 Å². The Morgan fingerprint density at radius 1 is 1.29 bits per heavy atom. The molecule has 1 aliphatic heterocycles. The van der Waals surface area contributed by atoms with Gasteiger partial charge in [-0.1, -0.05) is 6.92 Å². The number of fused-ring (bicyclic) bond motifs is 1. The Kier molecular flexibility index (Phi) is 3.49. The van der Waals surface area contributed by atoms with Crippen LogP contribution in [0.3, 0.4) is 0 Å². The average molecular weight is 294 g/mol. The quantitative estimate of drug-likeness (QED) is 0.844. The van der Waals surface area contributed by atoms with E-state index in [1.165, 1.54) is 17.7 Å². The number of rotatable bonds is 5. The minimum absolute atomic E-state index is 0.0544. The van der Waals surface area contributed by atoms with Crippen LogP contribution in [0.15, 0.2) is 12.1 Å². The Bertz CT molecular complexity index is 614. The standard InChI is InChI=1S/C15H16F2N2O2/c1-8(6-18-9-2-3-9)7-19-13-5-12(17)11(16)4-10(13)14(20)15(19)21/h4-5,8-9,18H,2-3,6-7H2,1H3. The normalized spacial score (nSPS) is 19.1. The van der Waals surface area contributed by atoms with Crippen LogP contribution in [-0.2, 0) is 4.79 Å². The molecular formula is C15H16F2N2O2. The van der Waals surface area contributed by atoms with Crippen LogP contribution in [-0.4, -0.2) is 30.8 Å². The lowest BCUT2D eigenvalue weighted by molar-refractivity contribution is -0.114. The molecule has 21 heavy (non-hydrogen) atoms. The van der Waals surface area contributed by atoms with Gasteiger partial charge in [0.2, 0.25) is 0 Å². The molecule has 4 nitrogen and oxygen atoms in total. The Hall–Kier alpha value is -1.82. The minimum Gasteiger partial charge on any atom is -0.314 e. The molecule has 0 radical (unpaired) electrons. The fourth-order valence-electron chi connectivity index (χ4n) is 2.50. The summed E-state index contributed by atoms with van der Waals surface area (Å²) in [7, 11) is 0. The van der Waals surface area contributed by atoms with E-state index < -0.39 is 23.3 Å². The van der Waals surface area contributed by atoms with Crippen LogP contribution >= 0.6 is 0 Å². The molecule has 3 rings (SSSR count). The average Bonchev–Trinajstić information content (AvgIpc) is 3.24. The number of Topliss-reactive ketones (excluding diaryl/α,β-unsaturated/α-hetero) is 1. The number of carbonyl (C=O) groups excluding carboxylic acids is 2. The summed E-state index contributed by atoms with van der Waals surface area (Å²) in [5.41, 5.74) is 0.114. The Morgan fingerprint density at radius 2 is 1.95 bits per heavy atom. The van der Waals surface area contributed by atoms with Gasteiger partial charge in [0.25, 0.3) is 11.7 Å². The third-order valence-corrected chi connectivity index (χ3v) is 3.84. The SMILES string of the molecule is CC(CNC1CC1)CN1C(=O)C(=O)c2cc(F)c(F)cc21. The number of nitrogens with zero attached hydrogens (tertiary/aromatic N) is 1. The van der Waals surface area contributed by atoms with Crippen molar-refractivity contribution in [3.05, 3.63) is 29.3 Å². The summed E-state index contributed by atoms with van der Waals surface area (Å²) in [6, 6.07) is 2.29. The molecule has 1 saturated carbocycles. The maximum Gasteiger partial charge on any atom is 0.299 e. The van der Waals surface area contributed by atoms with E-state index in [0.29, 0.717) is 12.6 Å². The van der Waals surface area contributed by atoms with Gasteiger partial charge in [-0.2, -0.15) is 0 Å². The number of carbonyl (C=O) groups is 2. The third kappa shape index (κ3) is 2.68. The predicted octanol–water partition coefficient (Wildman–Crippen LogP) is 1.88. The van der Waals surface area contributed by atoms with Crippen molar-refractivity contribution in [1.82, 2.24) is 5.32 Å². The predicted molar refractivity (Wildman–Crippen MR) is 73.2 cm³/mol. The first-order valence-corrected chi connectivity index (χ1v) is 7.06. The number of amides is 1. The molecule has 0 saturated heterocycles. The van der Waals surface area contributed by atoms with Crippen molar-refractivity contribution in [2.24, 2.45) is 5.92 Å². The van der Waals surface area contributed by atoms with Gasteiger partial charge < -0.3 is 10.2 Å². The van der Waals surface area contributed by atoms with Crippen molar-refractivity contribution < 1.29 is 18.4 Å². The maximum absolute atomic E-state index is 13.4. The fourth-order valence-corrected chi connectivity index (χ4v) is 2.50. The summed E-state index contributed by atoms with van der Waals surface area (Å²) in [6.07, 6.45) is 2.34. The smallest absolute Gasteiger partial charge is 0.299 e. The van der Waals surface area contributed by atoms with Gasteiger partial charge in [0.15, 0.2) is 11.6 Å². The molecule has 1 unspecified atom stereocenters. The first-order valence-electron chi connectivity index (χ1n) is 7.06. The zero-order chi connectivity index (χ0) is 15.1. The number of ketones is 1. The lowest BCUT2D eigenvalue weighted by Crippen LogP contribution is -2.37. The summed E-state index contributed by atoms with van der Waals surface area (Å²) in [5.74, 6) is -3.54. The Morgan fingerprint density at radius 3 is 2.62 bits per heavy atom. The summed E-state index contributed by atoms with van der Waals surface area (Å²) >= 11 is 0. The van der Waals surface area contributed by atoms with E-state index in [4.69, 9.17) is 0 Å². The van der Waals surface area contributed by atoms with Crippen LogP contribution < -0.4 is 10.2 Å². The number of benzene rings is 1. The molecule has 112 valence electrons. The van der Waals surface area contributed by atoms with E-state index in [9.17, 15) is 18.4 Å². The van der Waals surface area contributed by atoms with Crippen LogP contribution in [0.25, 0.3) is 0 Å². The lowest BCUT2D eigenvalue weighted by atomic mass is 10.1. The van der Waals surface area contributed by atoms with Gasteiger partial charge in [-0.25, -0.2) is 8.78 Å². The molecule has 1 aliphatic carbocycles. The van der Waals surface area contributed by atoms with Gasteiger partial charge in [-0.3, -0.25) is 9.59 Å². The molecule has 6 heteroatoms. The molecular weight excluding hydrogens is 278 g/mol. The molecule has 1 aromatic rings. The zero-order valence-corrected chi connectivity index (χ0v) is 11.7. The van der Waals surface area contributed by atoms with Crippen molar-refractivity contribution in [1.29, 1.82) is 0 Å². The van der Waals surface area contributed by atoms with Crippen LogP contribution in [0, 0.1) is 17.6 Å². The van der Waals surface area contributed by atoms with Crippen LogP contribution in [0.2, 0.25) is 0 Å². The van der Waals surface area contributed by atoms with Crippen molar-refractivity contribution in [3.8, 4) is 0 Å². The zero-order valence-electron chi connectivity index (χ0n) is 11.7. The fraction of sp³-hybridized carbons (Fsp3) is 0.467. The van der Waals surface area contributed by atoms with E-state index in [1.807, 2.05) is 6.92 Å². The van der Waals surface area contributed by atoms with Crippen molar-refractivity contribution in [2.75, 3.05) is 18.0 Å². The second-order valence-corrected chi connectivity index (χ2v) is 5.82.